The van der Waals surface area contributed by atoms with Crippen LogP contribution in [-0.2, 0) is 6.54 Å². The molecule has 7 heteroatoms. The van der Waals surface area contributed by atoms with Gasteiger partial charge >= 0.3 is 0 Å². The zero-order valence-electron chi connectivity index (χ0n) is 15.5. The lowest BCUT2D eigenvalue weighted by molar-refractivity contribution is 0.0955. The Bertz CT molecular complexity index is 1050. The van der Waals surface area contributed by atoms with E-state index < -0.39 is 0 Å². The number of carbonyl (C=O) groups is 1. The average molecular weight is 389 g/mol. The van der Waals surface area contributed by atoms with E-state index in [9.17, 15) is 9.90 Å². The number of ether oxygens (including phenoxy) is 2. The molecule has 0 saturated carbocycles. The van der Waals surface area contributed by atoms with Gasteiger partial charge in [0.15, 0.2) is 11.5 Å². The Labute approximate surface area is 167 Å². The third-order valence-corrected chi connectivity index (χ3v) is 4.40. The van der Waals surface area contributed by atoms with Crippen LogP contribution in [0.5, 0.6) is 17.2 Å². The lowest BCUT2D eigenvalue weighted by atomic mass is 10.1. The Morgan fingerprint density at radius 1 is 1.03 bits per heavy atom. The van der Waals surface area contributed by atoms with Gasteiger partial charge in [0.05, 0.1) is 6.21 Å². The maximum Gasteiger partial charge on any atom is 0.271 e. The summed E-state index contributed by atoms with van der Waals surface area (Å²) in [4.78, 5) is 12.2. The summed E-state index contributed by atoms with van der Waals surface area (Å²) in [5.41, 5.74) is 5.42. The van der Waals surface area contributed by atoms with Gasteiger partial charge in [-0.2, -0.15) is 5.10 Å². The standard InChI is InChI=1S/C22H19N3O4/c26-19-4-2-1-3-17(19)13-23-18-8-6-16(7-9-18)22(27)25-24-12-15-5-10-20-21(11-15)29-14-28-20/h1-12,23,26H,13-14H2,(H,25,27)/b24-12+. The maximum absolute atomic E-state index is 12.2. The summed E-state index contributed by atoms with van der Waals surface area (Å²) >= 11 is 0. The first-order valence-electron chi connectivity index (χ1n) is 9.03. The predicted octanol–water partition coefficient (Wildman–Crippen LogP) is 3.50. The number of hydrogen-bond acceptors (Lipinski definition) is 6. The SMILES string of the molecule is O=C(N/N=C/c1ccc2c(c1)OCO2)c1ccc(NCc2ccccc2O)cc1. The molecule has 0 atom stereocenters. The fraction of sp³-hybridized carbons (Fsp3) is 0.0909. The molecule has 0 saturated heterocycles. The summed E-state index contributed by atoms with van der Waals surface area (Å²) in [6.07, 6.45) is 1.54. The third-order valence-electron chi connectivity index (χ3n) is 4.40. The highest BCUT2D eigenvalue weighted by molar-refractivity contribution is 5.95. The van der Waals surface area contributed by atoms with E-state index in [0.29, 0.717) is 23.6 Å². The van der Waals surface area contributed by atoms with Crippen LogP contribution in [0, 0.1) is 0 Å². The molecule has 0 aromatic heterocycles. The Morgan fingerprint density at radius 3 is 2.66 bits per heavy atom. The highest BCUT2D eigenvalue weighted by Gasteiger charge is 2.12. The normalized spacial score (nSPS) is 12.1. The molecule has 3 aromatic carbocycles. The summed E-state index contributed by atoms with van der Waals surface area (Å²) in [6.45, 7) is 0.696. The summed E-state index contributed by atoms with van der Waals surface area (Å²) in [7, 11) is 0. The van der Waals surface area contributed by atoms with E-state index >= 15 is 0 Å². The van der Waals surface area contributed by atoms with E-state index in [2.05, 4.69) is 15.8 Å². The summed E-state index contributed by atoms with van der Waals surface area (Å²) in [5.74, 6) is 1.29. The van der Waals surface area contributed by atoms with Crippen LogP contribution in [-0.4, -0.2) is 24.0 Å². The number of phenols is 1. The number of carbonyl (C=O) groups excluding carboxylic acids is 1. The molecular formula is C22H19N3O4. The highest BCUT2D eigenvalue weighted by atomic mass is 16.7. The molecule has 7 nitrogen and oxygen atoms in total. The molecular weight excluding hydrogens is 370 g/mol. The van der Waals surface area contributed by atoms with Crippen molar-refractivity contribution in [3.63, 3.8) is 0 Å². The van der Waals surface area contributed by atoms with E-state index in [1.165, 1.54) is 0 Å². The second kappa shape index (κ2) is 8.35. The maximum atomic E-state index is 12.2. The van der Waals surface area contributed by atoms with Gasteiger partial charge in [0.1, 0.15) is 5.75 Å². The molecule has 29 heavy (non-hydrogen) atoms. The molecule has 0 bridgehead atoms. The van der Waals surface area contributed by atoms with Crippen LogP contribution in [0.25, 0.3) is 0 Å². The van der Waals surface area contributed by atoms with Crippen molar-refractivity contribution in [1.29, 1.82) is 0 Å². The van der Waals surface area contributed by atoms with Crippen molar-refractivity contribution in [2.24, 2.45) is 5.10 Å². The van der Waals surface area contributed by atoms with E-state index in [0.717, 1.165) is 16.8 Å². The van der Waals surface area contributed by atoms with Crippen LogP contribution in [0.3, 0.4) is 0 Å². The number of anilines is 1. The lowest BCUT2D eigenvalue weighted by Crippen LogP contribution is -2.17. The number of aromatic hydroxyl groups is 1. The number of phenolic OH excluding ortho intramolecular Hbond substituents is 1. The zero-order valence-corrected chi connectivity index (χ0v) is 15.5. The topological polar surface area (TPSA) is 92.2 Å². The van der Waals surface area contributed by atoms with Crippen molar-refractivity contribution in [2.45, 2.75) is 6.54 Å². The number of rotatable bonds is 6. The number of nitrogens with one attached hydrogen (secondary N) is 2. The minimum Gasteiger partial charge on any atom is -0.508 e. The first-order chi connectivity index (χ1) is 14.2. The number of fused-ring (bicyclic) bond motifs is 1. The number of hydrazone groups is 1. The molecule has 0 radical (unpaired) electrons. The minimum atomic E-state index is -0.311. The molecule has 4 rings (SSSR count). The van der Waals surface area contributed by atoms with E-state index in [4.69, 9.17) is 9.47 Å². The molecule has 0 aliphatic carbocycles. The zero-order chi connectivity index (χ0) is 20.1. The Hall–Kier alpha value is -4.00. The molecule has 3 N–H and O–H groups in total. The van der Waals surface area contributed by atoms with Gasteiger partial charge in [0.2, 0.25) is 6.79 Å². The molecule has 1 aliphatic heterocycles. The Balaban J connectivity index is 1.31. The number of nitrogens with zero attached hydrogens (tertiary/aromatic N) is 1. The lowest BCUT2D eigenvalue weighted by Gasteiger charge is -2.08. The summed E-state index contributed by atoms with van der Waals surface area (Å²) in [5, 5.41) is 17.0. The fourth-order valence-corrected chi connectivity index (χ4v) is 2.82. The minimum absolute atomic E-state index is 0.212. The Kier molecular flexibility index (Phi) is 5.29. The van der Waals surface area contributed by atoms with Crippen molar-refractivity contribution in [2.75, 3.05) is 12.1 Å². The second-order valence-electron chi connectivity index (χ2n) is 6.37. The molecule has 0 spiro atoms. The monoisotopic (exact) mass is 389 g/mol. The van der Waals surface area contributed by atoms with E-state index in [-0.39, 0.29) is 18.4 Å². The van der Waals surface area contributed by atoms with Crippen molar-refractivity contribution in [3.8, 4) is 17.2 Å². The molecule has 0 unspecified atom stereocenters. The third kappa shape index (κ3) is 4.47. The van der Waals surface area contributed by atoms with Crippen molar-refractivity contribution >= 4 is 17.8 Å². The van der Waals surface area contributed by atoms with Crippen molar-refractivity contribution < 1.29 is 19.4 Å². The quantitative estimate of drug-likeness (QED) is 0.443. The molecule has 146 valence electrons. The first kappa shape index (κ1) is 18.4. The molecule has 1 heterocycles. The van der Waals surface area contributed by atoms with Crippen LogP contribution < -0.4 is 20.2 Å². The van der Waals surface area contributed by atoms with Gasteiger partial charge in [-0.05, 0) is 54.1 Å². The van der Waals surface area contributed by atoms with E-state index in [1.54, 1.807) is 54.7 Å². The number of benzene rings is 3. The summed E-state index contributed by atoms with van der Waals surface area (Å²) < 4.78 is 10.6. The Morgan fingerprint density at radius 2 is 1.83 bits per heavy atom. The van der Waals surface area contributed by atoms with Crippen molar-refractivity contribution in [3.05, 3.63) is 83.4 Å². The molecule has 0 fully saturated rings. The van der Waals surface area contributed by atoms with Gasteiger partial charge in [-0.25, -0.2) is 5.43 Å². The molecule has 3 aromatic rings. The number of para-hydroxylation sites is 1. The second-order valence-corrected chi connectivity index (χ2v) is 6.37. The van der Waals surface area contributed by atoms with Crippen LogP contribution >= 0.6 is 0 Å². The van der Waals surface area contributed by atoms with Gasteiger partial charge in [-0.1, -0.05) is 18.2 Å². The van der Waals surface area contributed by atoms with Crippen LogP contribution in [0.15, 0.2) is 71.8 Å². The molecule has 1 aliphatic rings. The number of amides is 1. The van der Waals surface area contributed by atoms with E-state index in [1.807, 2.05) is 18.2 Å². The van der Waals surface area contributed by atoms with Gasteiger partial charge in [0.25, 0.3) is 5.91 Å². The number of hydrogen-bond donors (Lipinski definition) is 3. The van der Waals surface area contributed by atoms with Gasteiger partial charge in [-0.15, -0.1) is 0 Å². The predicted molar refractivity (Wildman–Crippen MR) is 110 cm³/mol. The average Bonchev–Trinajstić information content (AvgIpc) is 3.21. The van der Waals surface area contributed by atoms with Crippen LogP contribution in [0.1, 0.15) is 21.5 Å². The molecule has 1 amide bonds. The largest absolute Gasteiger partial charge is 0.508 e. The summed E-state index contributed by atoms with van der Waals surface area (Å²) in [6, 6.07) is 19.6. The highest BCUT2D eigenvalue weighted by Crippen LogP contribution is 2.31. The van der Waals surface area contributed by atoms with Crippen LogP contribution in [0.2, 0.25) is 0 Å². The van der Waals surface area contributed by atoms with Crippen molar-refractivity contribution in [1.82, 2.24) is 5.43 Å². The fourth-order valence-electron chi connectivity index (χ4n) is 2.82. The van der Waals surface area contributed by atoms with Gasteiger partial charge in [-0.3, -0.25) is 4.79 Å². The first-order valence-corrected chi connectivity index (χ1v) is 9.03. The van der Waals surface area contributed by atoms with Gasteiger partial charge in [0, 0.05) is 23.4 Å². The van der Waals surface area contributed by atoms with Crippen LogP contribution in [0.4, 0.5) is 5.69 Å². The van der Waals surface area contributed by atoms with Gasteiger partial charge < -0.3 is 19.9 Å². The smallest absolute Gasteiger partial charge is 0.271 e.